The van der Waals surface area contributed by atoms with Crippen molar-refractivity contribution in [1.29, 1.82) is 0 Å². The lowest BCUT2D eigenvalue weighted by Gasteiger charge is -2.11. The Morgan fingerprint density at radius 3 is 2.68 bits per heavy atom. The molecule has 31 heavy (non-hydrogen) atoms. The first kappa shape index (κ1) is 22.4. The Kier molecular flexibility index (Phi) is 6.69. The highest BCUT2D eigenvalue weighted by molar-refractivity contribution is 7.18. The maximum absolute atomic E-state index is 12.4. The van der Waals surface area contributed by atoms with Gasteiger partial charge in [-0.3, -0.25) is 4.79 Å². The first-order valence-electron chi connectivity index (χ1n) is 9.21. The molecule has 1 aromatic carbocycles. The number of aryl methyl sites for hydroxylation is 2. The number of H-pyrrole nitrogens is 1. The zero-order valence-corrected chi connectivity index (χ0v) is 18.0. The van der Waals surface area contributed by atoms with Crippen LogP contribution in [0, 0.1) is 13.8 Å². The van der Waals surface area contributed by atoms with Crippen molar-refractivity contribution in [2.75, 3.05) is 7.11 Å². The topological polar surface area (TPSA) is 90.5 Å². The van der Waals surface area contributed by atoms with Gasteiger partial charge in [-0.05, 0) is 50.1 Å². The second kappa shape index (κ2) is 9.25. The van der Waals surface area contributed by atoms with Crippen molar-refractivity contribution >= 4 is 33.6 Å². The summed E-state index contributed by atoms with van der Waals surface area (Å²) in [5, 5.41) is 0.540. The maximum atomic E-state index is 12.4. The zero-order chi connectivity index (χ0) is 22.7. The van der Waals surface area contributed by atoms with Crippen molar-refractivity contribution in [1.82, 2.24) is 9.97 Å². The molecule has 0 amide bonds. The minimum Gasteiger partial charge on any atom is -0.493 e. The number of esters is 1. The van der Waals surface area contributed by atoms with Gasteiger partial charge < -0.3 is 19.2 Å². The van der Waals surface area contributed by atoms with Crippen LogP contribution in [0.15, 0.2) is 29.1 Å². The van der Waals surface area contributed by atoms with E-state index < -0.39 is 18.7 Å². The van der Waals surface area contributed by atoms with E-state index >= 15 is 0 Å². The Morgan fingerprint density at radius 1 is 1.26 bits per heavy atom. The van der Waals surface area contributed by atoms with E-state index in [-0.39, 0.29) is 22.9 Å². The highest BCUT2D eigenvalue weighted by Crippen LogP contribution is 2.30. The number of fused-ring (bicyclic) bond motifs is 1. The summed E-state index contributed by atoms with van der Waals surface area (Å²) in [7, 11) is 1.32. The number of methoxy groups -OCH3 is 1. The second-order valence-corrected chi connectivity index (χ2v) is 7.82. The molecule has 0 fully saturated rings. The van der Waals surface area contributed by atoms with E-state index in [1.807, 2.05) is 13.8 Å². The largest absolute Gasteiger partial charge is 0.493 e. The van der Waals surface area contributed by atoms with Crippen LogP contribution in [0.1, 0.15) is 34.9 Å². The van der Waals surface area contributed by atoms with Gasteiger partial charge in [0.2, 0.25) is 0 Å². The number of carbonyl (C=O) groups excluding carboxylic acids is 1. The normalized spacial score (nSPS) is 12.5. The molecule has 0 radical (unpaired) electrons. The Labute approximate surface area is 180 Å². The smallest absolute Gasteiger partial charge is 0.387 e. The number of aromatic amines is 1. The van der Waals surface area contributed by atoms with E-state index in [1.165, 1.54) is 48.8 Å². The van der Waals surface area contributed by atoms with Crippen LogP contribution < -0.4 is 15.0 Å². The summed E-state index contributed by atoms with van der Waals surface area (Å²) < 4.78 is 39.5. The average Bonchev–Trinajstić information content (AvgIpc) is 3.00. The number of hydrogen-bond acceptors (Lipinski definition) is 7. The molecule has 0 bridgehead atoms. The van der Waals surface area contributed by atoms with Crippen LogP contribution in [0.4, 0.5) is 8.78 Å². The van der Waals surface area contributed by atoms with Gasteiger partial charge in [0, 0.05) is 11.0 Å². The van der Waals surface area contributed by atoms with Crippen molar-refractivity contribution in [3.63, 3.8) is 0 Å². The van der Waals surface area contributed by atoms with Gasteiger partial charge in [0.05, 0.1) is 12.5 Å². The lowest BCUT2D eigenvalue weighted by atomic mass is 10.2. The quantitative estimate of drug-likeness (QED) is 0.420. The van der Waals surface area contributed by atoms with E-state index in [4.69, 9.17) is 9.47 Å². The molecule has 7 nitrogen and oxygen atoms in total. The SMILES string of the molecule is COc1cc(/C=C/C(=O)O[C@H](C)c2nc3sc(C)c(C)c3c(=O)[nH]2)ccc1OC(F)F. The minimum atomic E-state index is -2.98. The Morgan fingerprint density at radius 2 is 2.00 bits per heavy atom. The summed E-state index contributed by atoms with van der Waals surface area (Å²) in [4.78, 5) is 33.2. The number of nitrogens with zero attached hydrogens (tertiary/aromatic N) is 1. The standard InChI is InChI=1S/C21H20F2N2O5S/c1-10-12(3)31-20-17(10)19(27)24-18(25-20)11(2)29-16(26)8-6-13-5-7-14(30-21(22)23)15(9-13)28-4/h5-9,11,21H,1-4H3,(H,24,25,27)/b8-6+/t11-/m1/s1. The van der Waals surface area contributed by atoms with Crippen LogP contribution >= 0.6 is 11.3 Å². The third kappa shape index (κ3) is 5.08. The third-order valence-electron chi connectivity index (χ3n) is 4.55. The van der Waals surface area contributed by atoms with Gasteiger partial charge in [-0.1, -0.05) is 6.07 Å². The van der Waals surface area contributed by atoms with Gasteiger partial charge >= 0.3 is 12.6 Å². The van der Waals surface area contributed by atoms with Gasteiger partial charge in [0.15, 0.2) is 23.4 Å². The Balaban J connectivity index is 1.72. The number of carbonyl (C=O) groups is 1. The molecule has 2 heterocycles. The van der Waals surface area contributed by atoms with Crippen molar-refractivity contribution in [2.24, 2.45) is 0 Å². The summed E-state index contributed by atoms with van der Waals surface area (Å²) in [6.07, 6.45) is 1.83. The van der Waals surface area contributed by atoms with Gasteiger partial charge in [0.25, 0.3) is 5.56 Å². The first-order chi connectivity index (χ1) is 14.7. The number of nitrogens with one attached hydrogen (secondary N) is 1. The molecule has 0 saturated heterocycles. The Bertz CT molecular complexity index is 1200. The second-order valence-electron chi connectivity index (χ2n) is 6.62. The van der Waals surface area contributed by atoms with Crippen molar-refractivity contribution in [3.05, 3.63) is 56.5 Å². The van der Waals surface area contributed by atoms with E-state index in [1.54, 1.807) is 6.92 Å². The summed E-state index contributed by atoms with van der Waals surface area (Å²) in [6.45, 7) is 2.40. The van der Waals surface area contributed by atoms with Crippen molar-refractivity contribution in [2.45, 2.75) is 33.5 Å². The monoisotopic (exact) mass is 450 g/mol. The molecule has 0 spiro atoms. The molecule has 0 aliphatic carbocycles. The molecule has 0 saturated carbocycles. The predicted molar refractivity (Wildman–Crippen MR) is 113 cm³/mol. The highest BCUT2D eigenvalue weighted by atomic mass is 32.1. The molecular formula is C21H20F2N2O5S. The molecule has 0 unspecified atom stereocenters. The van der Waals surface area contributed by atoms with Crippen LogP contribution in [0.5, 0.6) is 11.5 Å². The lowest BCUT2D eigenvalue weighted by Crippen LogP contribution is -2.16. The van der Waals surface area contributed by atoms with E-state index in [0.717, 1.165) is 10.4 Å². The summed E-state index contributed by atoms with van der Waals surface area (Å²) in [5.74, 6) is -0.438. The van der Waals surface area contributed by atoms with Gasteiger partial charge in [-0.25, -0.2) is 9.78 Å². The summed E-state index contributed by atoms with van der Waals surface area (Å²) >= 11 is 1.40. The zero-order valence-electron chi connectivity index (χ0n) is 17.2. The Hall–Kier alpha value is -3.27. The first-order valence-corrected chi connectivity index (χ1v) is 10.0. The van der Waals surface area contributed by atoms with Crippen molar-refractivity contribution in [3.8, 4) is 11.5 Å². The molecule has 164 valence electrons. The van der Waals surface area contributed by atoms with Gasteiger partial charge in [0.1, 0.15) is 4.83 Å². The number of aromatic nitrogens is 2. The summed E-state index contributed by atoms with van der Waals surface area (Å²) in [6, 6.07) is 4.24. The third-order valence-corrected chi connectivity index (χ3v) is 5.65. The molecule has 10 heteroatoms. The molecule has 3 aromatic rings. The molecule has 0 aliphatic heterocycles. The lowest BCUT2D eigenvalue weighted by molar-refractivity contribution is -0.142. The number of halogens is 2. The van der Waals surface area contributed by atoms with Crippen LogP contribution in [-0.2, 0) is 9.53 Å². The van der Waals surface area contributed by atoms with Crippen LogP contribution in [0.25, 0.3) is 16.3 Å². The minimum absolute atomic E-state index is 0.0980. The molecule has 3 rings (SSSR count). The van der Waals surface area contributed by atoms with Crippen LogP contribution in [0.3, 0.4) is 0 Å². The molecular weight excluding hydrogens is 430 g/mol. The van der Waals surface area contributed by atoms with Crippen LogP contribution in [0.2, 0.25) is 0 Å². The molecule has 1 N–H and O–H groups in total. The molecule has 1 atom stereocenters. The van der Waals surface area contributed by atoms with Crippen LogP contribution in [-0.4, -0.2) is 29.7 Å². The number of thiophene rings is 1. The number of alkyl halides is 2. The number of benzene rings is 1. The fourth-order valence-corrected chi connectivity index (χ4v) is 3.92. The fourth-order valence-electron chi connectivity index (χ4n) is 2.88. The fraction of sp³-hybridized carbons (Fsp3) is 0.286. The highest BCUT2D eigenvalue weighted by Gasteiger charge is 2.17. The maximum Gasteiger partial charge on any atom is 0.387 e. The summed E-state index contributed by atoms with van der Waals surface area (Å²) in [5.41, 5.74) is 1.12. The van der Waals surface area contributed by atoms with E-state index in [2.05, 4.69) is 14.7 Å². The predicted octanol–water partition coefficient (Wildman–Crippen LogP) is 4.53. The number of ether oxygens (including phenoxy) is 3. The van der Waals surface area contributed by atoms with Crippen molar-refractivity contribution < 1.29 is 27.8 Å². The molecule has 2 aromatic heterocycles. The number of hydrogen-bond donors (Lipinski definition) is 1. The van der Waals surface area contributed by atoms with Gasteiger partial charge in [-0.15, -0.1) is 11.3 Å². The van der Waals surface area contributed by atoms with Gasteiger partial charge in [-0.2, -0.15) is 8.78 Å². The van der Waals surface area contributed by atoms with E-state index in [9.17, 15) is 18.4 Å². The number of rotatable bonds is 7. The average molecular weight is 450 g/mol. The van der Waals surface area contributed by atoms with E-state index in [0.29, 0.717) is 15.8 Å². The molecule has 0 aliphatic rings.